The molecule has 0 spiro atoms. The summed E-state index contributed by atoms with van der Waals surface area (Å²) < 4.78 is 5.68. The molecule has 0 aromatic rings. The smallest absolute Gasteiger partial charge is 0.316 e. The van der Waals surface area contributed by atoms with Crippen molar-refractivity contribution in [2.45, 2.75) is 53.1 Å². The van der Waals surface area contributed by atoms with E-state index < -0.39 is 0 Å². The van der Waals surface area contributed by atoms with Gasteiger partial charge in [-0.15, -0.1) is 0 Å². The molecule has 1 fully saturated rings. The van der Waals surface area contributed by atoms with Crippen LogP contribution in [0.15, 0.2) is 0 Å². The highest BCUT2D eigenvalue weighted by Crippen LogP contribution is 2.35. The van der Waals surface area contributed by atoms with Gasteiger partial charge in [0.25, 0.3) is 0 Å². The first-order chi connectivity index (χ1) is 8.04. The molecule has 1 saturated carbocycles. The van der Waals surface area contributed by atoms with E-state index in [0.717, 1.165) is 12.2 Å². The number of thioether (sulfide) groups is 1. The van der Waals surface area contributed by atoms with Crippen LogP contribution in [0.2, 0.25) is 0 Å². The molecule has 0 amide bonds. The zero-order valence-electron chi connectivity index (χ0n) is 11.6. The summed E-state index contributed by atoms with van der Waals surface area (Å²) in [4.78, 5) is 11.7. The van der Waals surface area contributed by atoms with E-state index in [9.17, 15) is 4.79 Å². The third-order valence-electron chi connectivity index (χ3n) is 3.67. The zero-order valence-corrected chi connectivity index (χ0v) is 12.4. The molecule has 0 aliphatic heterocycles. The molecule has 0 saturated heterocycles. The Kier molecular flexibility index (Phi) is 6.39. The monoisotopic (exact) mass is 258 g/mol. The Bertz CT molecular complexity index is 240. The van der Waals surface area contributed by atoms with E-state index in [4.69, 9.17) is 4.74 Å². The maximum absolute atomic E-state index is 11.7. The second-order valence-electron chi connectivity index (χ2n) is 5.49. The predicted molar refractivity (Wildman–Crippen MR) is 74.2 cm³/mol. The van der Waals surface area contributed by atoms with Crippen molar-refractivity contribution in [3.05, 3.63) is 0 Å². The molecular formula is C14H26O2S. The Labute approximate surface area is 110 Å². The van der Waals surface area contributed by atoms with Gasteiger partial charge in [-0.05, 0) is 36.3 Å². The standard InChI is InChI=1S/C14H26O2S/c1-5-17-9-14(15)16-13-8-11(4)6-7-12(13)10(2)3/h10-13H,5-9H2,1-4H3/t11-,12+,13-/m1/s1. The van der Waals surface area contributed by atoms with E-state index in [1.165, 1.54) is 12.8 Å². The lowest BCUT2D eigenvalue weighted by atomic mass is 9.75. The average Bonchev–Trinajstić information content (AvgIpc) is 2.26. The average molecular weight is 258 g/mol. The molecule has 0 aromatic carbocycles. The van der Waals surface area contributed by atoms with Crippen LogP contribution in [0.1, 0.15) is 47.0 Å². The summed E-state index contributed by atoms with van der Waals surface area (Å²) in [6.45, 7) is 8.81. The number of rotatable bonds is 5. The molecule has 17 heavy (non-hydrogen) atoms. The van der Waals surface area contributed by atoms with Gasteiger partial charge in [0.15, 0.2) is 0 Å². The van der Waals surface area contributed by atoms with Crippen molar-refractivity contribution in [3.8, 4) is 0 Å². The molecule has 0 heterocycles. The number of hydrogen-bond donors (Lipinski definition) is 0. The molecule has 0 radical (unpaired) electrons. The molecule has 1 rings (SSSR count). The summed E-state index contributed by atoms with van der Waals surface area (Å²) in [6.07, 6.45) is 3.69. The van der Waals surface area contributed by atoms with Crippen LogP contribution < -0.4 is 0 Å². The molecule has 1 aliphatic carbocycles. The second kappa shape index (κ2) is 7.30. The van der Waals surface area contributed by atoms with Gasteiger partial charge >= 0.3 is 5.97 Å². The number of ether oxygens (including phenoxy) is 1. The number of carbonyl (C=O) groups is 1. The molecule has 3 heteroatoms. The van der Waals surface area contributed by atoms with Gasteiger partial charge in [-0.3, -0.25) is 4.79 Å². The van der Waals surface area contributed by atoms with Crippen molar-refractivity contribution in [2.75, 3.05) is 11.5 Å². The Morgan fingerprint density at radius 2 is 2.12 bits per heavy atom. The van der Waals surface area contributed by atoms with Gasteiger partial charge in [0.1, 0.15) is 6.10 Å². The number of carbonyl (C=O) groups excluding carboxylic acids is 1. The summed E-state index contributed by atoms with van der Waals surface area (Å²) in [5.41, 5.74) is 0. The summed E-state index contributed by atoms with van der Waals surface area (Å²) >= 11 is 1.64. The lowest BCUT2D eigenvalue weighted by Crippen LogP contribution is -2.36. The molecular weight excluding hydrogens is 232 g/mol. The number of hydrogen-bond acceptors (Lipinski definition) is 3. The topological polar surface area (TPSA) is 26.3 Å². The third kappa shape index (κ3) is 4.90. The minimum absolute atomic E-state index is 0.0263. The first-order valence-electron chi connectivity index (χ1n) is 6.81. The Balaban J connectivity index is 2.48. The predicted octanol–water partition coefficient (Wildman–Crippen LogP) is 3.74. The van der Waals surface area contributed by atoms with Crippen LogP contribution in [0.25, 0.3) is 0 Å². The van der Waals surface area contributed by atoms with Crippen LogP contribution >= 0.6 is 11.8 Å². The largest absolute Gasteiger partial charge is 0.461 e. The Morgan fingerprint density at radius 1 is 1.41 bits per heavy atom. The van der Waals surface area contributed by atoms with Gasteiger partial charge in [0.05, 0.1) is 5.75 Å². The van der Waals surface area contributed by atoms with Gasteiger partial charge in [-0.1, -0.05) is 34.1 Å². The van der Waals surface area contributed by atoms with Crippen LogP contribution in [0.4, 0.5) is 0 Å². The fourth-order valence-corrected chi connectivity index (χ4v) is 3.08. The minimum Gasteiger partial charge on any atom is -0.461 e. The van der Waals surface area contributed by atoms with E-state index in [1.807, 2.05) is 0 Å². The SMILES string of the molecule is CCSCC(=O)O[C@@H]1C[C@H](C)CC[C@H]1C(C)C. The van der Waals surface area contributed by atoms with Gasteiger partial charge in [-0.25, -0.2) is 0 Å². The molecule has 0 bridgehead atoms. The summed E-state index contributed by atoms with van der Waals surface area (Å²) in [5, 5.41) is 0. The van der Waals surface area contributed by atoms with Crippen molar-refractivity contribution in [3.63, 3.8) is 0 Å². The van der Waals surface area contributed by atoms with E-state index in [2.05, 4.69) is 27.7 Å². The lowest BCUT2D eigenvalue weighted by molar-refractivity contribution is -0.152. The quantitative estimate of drug-likeness (QED) is 0.703. The van der Waals surface area contributed by atoms with E-state index in [-0.39, 0.29) is 12.1 Å². The number of esters is 1. The molecule has 0 unspecified atom stereocenters. The highest BCUT2D eigenvalue weighted by molar-refractivity contribution is 7.99. The Hall–Kier alpha value is -0.180. The fourth-order valence-electron chi connectivity index (χ4n) is 2.64. The van der Waals surface area contributed by atoms with Gasteiger partial charge < -0.3 is 4.74 Å². The summed E-state index contributed by atoms with van der Waals surface area (Å²) in [7, 11) is 0. The van der Waals surface area contributed by atoms with Crippen molar-refractivity contribution in [2.24, 2.45) is 17.8 Å². The van der Waals surface area contributed by atoms with E-state index in [1.54, 1.807) is 11.8 Å². The lowest BCUT2D eigenvalue weighted by Gasteiger charge is -2.36. The normalized spacial score (nSPS) is 29.4. The van der Waals surface area contributed by atoms with Gasteiger partial charge in [0.2, 0.25) is 0 Å². The molecule has 0 N–H and O–H groups in total. The van der Waals surface area contributed by atoms with Crippen molar-refractivity contribution < 1.29 is 9.53 Å². The second-order valence-corrected chi connectivity index (χ2v) is 6.77. The van der Waals surface area contributed by atoms with Gasteiger partial charge in [-0.2, -0.15) is 11.8 Å². The molecule has 1 aliphatic rings. The minimum atomic E-state index is -0.0263. The maximum atomic E-state index is 11.7. The zero-order chi connectivity index (χ0) is 12.8. The van der Waals surface area contributed by atoms with Gasteiger partial charge in [0, 0.05) is 0 Å². The summed E-state index contributed by atoms with van der Waals surface area (Å²) in [6, 6.07) is 0. The van der Waals surface area contributed by atoms with E-state index in [0.29, 0.717) is 23.5 Å². The van der Waals surface area contributed by atoms with Crippen LogP contribution in [0, 0.1) is 17.8 Å². The highest BCUT2D eigenvalue weighted by atomic mass is 32.2. The fraction of sp³-hybridized carbons (Fsp3) is 0.929. The molecule has 3 atom stereocenters. The maximum Gasteiger partial charge on any atom is 0.316 e. The Morgan fingerprint density at radius 3 is 2.71 bits per heavy atom. The molecule has 0 aromatic heterocycles. The van der Waals surface area contributed by atoms with Crippen LogP contribution in [0.3, 0.4) is 0 Å². The molecule has 2 nitrogen and oxygen atoms in total. The van der Waals surface area contributed by atoms with Crippen molar-refractivity contribution in [1.29, 1.82) is 0 Å². The highest BCUT2D eigenvalue weighted by Gasteiger charge is 2.33. The molecule has 100 valence electrons. The van der Waals surface area contributed by atoms with Crippen LogP contribution in [-0.4, -0.2) is 23.6 Å². The first-order valence-corrected chi connectivity index (χ1v) is 7.97. The third-order valence-corrected chi connectivity index (χ3v) is 4.52. The van der Waals surface area contributed by atoms with Crippen LogP contribution in [-0.2, 0) is 9.53 Å². The first kappa shape index (κ1) is 14.9. The van der Waals surface area contributed by atoms with Crippen LogP contribution in [0.5, 0.6) is 0 Å². The van der Waals surface area contributed by atoms with Crippen molar-refractivity contribution in [1.82, 2.24) is 0 Å². The van der Waals surface area contributed by atoms with Crippen molar-refractivity contribution >= 4 is 17.7 Å². The summed E-state index contributed by atoms with van der Waals surface area (Å²) in [5.74, 6) is 3.32. The van der Waals surface area contributed by atoms with E-state index >= 15 is 0 Å².